The van der Waals surface area contributed by atoms with Crippen molar-refractivity contribution in [3.63, 3.8) is 0 Å². The Balaban J connectivity index is 1.52. The van der Waals surface area contributed by atoms with Gasteiger partial charge in [0.05, 0.1) is 11.6 Å². The number of hydrogen-bond acceptors (Lipinski definition) is 4. The molecule has 7 heteroatoms. The number of carbonyl (C=O) groups is 1. The molecule has 4 rings (SSSR count). The number of aryl methyl sites for hydroxylation is 1. The number of likely N-dealkylation sites (tertiary alicyclic amines) is 1. The highest BCUT2D eigenvalue weighted by Gasteiger charge is 2.27. The van der Waals surface area contributed by atoms with Crippen LogP contribution in [0.2, 0.25) is 5.02 Å². The molecule has 2 aromatic carbocycles. The van der Waals surface area contributed by atoms with Crippen LogP contribution in [0.1, 0.15) is 37.3 Å². The monoisotopic (exact) mass is 466 g/mol. The van der Waals surface area contributed by atoms with E-state index in [1.807, 2.05) is 47.4 Å². The van der Waals surface area contributed by atoms with Crippen LogP contribution in [-0.2, 0) is 11.2 Å². The van der Waals surface area contributed by atoms with Gasteiger partial charge in [-0.25, -0.2) is 4.72 Å². The van der Waals surface area contributed by atoms with Crippen molar-refractivity contribution >= 4 is 40.4 Å². The van der Waals surface area contributed by atoms with Crippen molar-refractivity contribution in [1.29, 1.82) is 5.26 Å². The average Bonchev–Trinajstić information content (AvgIpc) is 3.24. The Labute approximate surface area is 198 Å². The lowest BCUT2D eigenvalue weighted by Crippen LogP contribution is -2.47. The van der Waals surface area contributed by atoms with Crippen LogP contribution >= 0.6 is 23.5 Å². The van der Waals surface area contributed by atoms with Gasteiger partial charge in [0.25, 0.3) is 0 Å². The van der Waals surface area contributed by atoms with E-state index in [1.165, 1.54) is 11.9 Å². The summed E-state index contributed by atoms with van der Waals surface area (Å²) in [5.74, 6) is 0.803. The Morgan fingerprint density at radius 2 is 2.06 bits per heavy atom. The van der Waals surface area contributed by atoms with Gasteiger partial charge in [0.15, 0.2) is 0 Å². The number of rotatable bonds is 7. The fourth-order valence-electron chi connectivity index (χ4n) is 4.14. The minimum Gasteiger partial charge on any atom is -0.360 e. The highest BCUT2D eigenvalue weighted by molar-refractivity contribution is 7.97. The lowest BCUT2D eigenvalue weighted by atomic mass is 9.98. The lowest BCUT2D eigenvalue weighted by molar-refractivity contribution is -0.134. The fraction of sp³-hybridized carbons (Fsp3) is 0.360. The van der Waals surface area contributed by atoms with E-state index in [0.29, 0.717) is 24.3 Å². The molecule has 166 valence electrons. The normalized spacial score (nSPS) is 15.6. The third-order valence-electron chi connectivity index (χ3n) is 6.15. The van der Waals surface area contributed by atoms with E-state index in [9.17, 15) is 10.1 Å². The Morgan fingerprint density at radius 1 is 1.28 bits per heavy atom. The summed E-state index contributed by atoms with van der Waals surface area (Å²) in [5, 5.41) is 11.1. The molecule has 1 amide bonds. The Morgan fingerprint density at radius 3 is 2.81 bits per heavy atom. The molecular formula is C25H27ClN4OS. The van der Waals surface area contributed by atoms with Crippen molar-refractivity contribution in [3.8, 4) is 6.07 Å². The van der Waals surface area contributed by atoms with Crippen molar-refractivity contribution in [2.75, 3.05) is 13.1 Å². The molecule has 0 bridgehead atoms. The van der Waals surface area contributed by atoms with Gasteiger partial charge in [0, 0.05) is 40.1 Å². The molecule has 5 nitrogen and oxygen atoms in total. The van der Waals surface area contributed by atoms with Crippen molar-refractivity contribution < 1.29 is 4.79 Å². The number of aromatic amines is 1. The smallest absolute Gasteiger partial charge is 0.240 e. The summed E-state index contributed by atoms with van der Waals surface area (Å²) in [6, 6.07) is 15.6. The van der Waals surface area contributed by atoms with Crippen LogP contribution in [0, 0.1) is 17.2 Å². The molecule has 1 saturated heterocycles. The second-order valence-corrected chi connectivity index (χ2v) is 9.69. The summed E-state index contributed by atoms with van der Waals surface area (Å²) in [6.45, 7) is 3.86. The Kier molecular flexibility index (Phi) is 7.41. The SMILES string of the molecule is CC1CCN(C(=O)C(CCc2ccccc2Cl)NSc2cccc3[nH]cc(C#N)c23)CC1. The number of piperidine rings is 1. The number of hydrogen-bond donors (Lipinski definition) is 2. The van der Waals surface area contributed by atoms with E-state index >= 15 is 0 Å². The molecule has 1 atom stereocenters. The first kappa shape index (κ1) is 22.7. The maximum Gasteiger partial charge on any atom is 0.240 e. The number of benzene rings is 2. The van der Waals surface area contributed by atoms with E-state index in [-0.39, 0.29) is 11.9 Å². The van der Waals surface area contributed by atoms with Gasteiger partial charge >= 0.3 is 0 Å². The molecule has 1 aliphatic rings. The zero-order chi connectivity index (χ0) is 22.5. The number of H-pyrrole nitrogens is 1. The van der Waals surface area contributed by atoms with Crippen molar-refractivity contribution in [1.82, 2.24) is 14.6 Å². The van der Waals surface area contributed by atoms with Crippen LogP contribution in [0.3, 0.4) is 0 Å². The Bertz CT molecular complexity index is 1130. The number of nitriles is 1. The van der Waals surface area contributed by atoms with Crippen LogP contribution in [0.5, 0.6) is 0 Å². The molecule has 1 aromatic heterocycles. The van der Waals surface area contributed by atoms with Gasteiger partial charge in [-0.1, -0.05) is 42.8 Å². The van der Waals surface area contributed by atoms with Crippen LogP contribution in [0.25, 0.3) is 10.9 Å². The minimum absolute atomic E-state index is 0.137. The molecule has 0 aliphatic carbocycles. The van der Waals surface area contributed by atoms with Gasteiger partial charge in [-0.05, 0) is 67.3 Å². The van der Waals surface area contributed by atoms with Gasteiger partial charge in [0.1, 0.15) is 6.07 Å². The van der Waals surface area contributed by atoms with E-state index in [0.717, 1.165) is 52.3 Å². The van der Waals surface area contributed by atoms with Gasteiger partial charge < -0.3 is 9.88 Å². The molecule has 32 heavy (non-hydrogen) atoms. The number of halogens is 1. The molecule has 3 aromatic rings. The average molecular weight is 467 g/mol. The minimum atomic E-state index is -0.343. The van der Waals surface area contributed by atoms with Crippen molar-refractivity contribution in [2.24, 2.45) is 5.92 Å². The predicted molar refractivity (Wildman–Crippen MR) is 131 cm³/mol. The second-order valence-electron chi connectivity index (χ2n) is 8.40. The highest BCUT2D eigenvalue weighted by atomic mass is 35.5. The maximum atomic E-state index is 13.4. The van der Waals surface area contributed by atoms with Gasteiger partial charge in [-0.3, -0.25) is 4.79 Å². The first-order valence-electron chi connectivity index (χ1n) is 11.0. The van der Waals surface area contributed by atoms with Crippen LogP contribution in [0.15, 0.2) is 53.6 Å². The topological polar surface area (TPSA) is 71.9 Å². The number of nitrogens with one attached hydrogen (secondary N) is 2. The molecule has 0 saturated carbocycles. The highest BCUT2D eigenvalue weighted by Crippen LogP contribution is 2.30. The molecule has 2 heterocycles. The number of nitrogens with zero attached hydrogens (tertiary/aromatic N) is 2. The lowest BCUT2D eigenvalue weighted by Gasteiger charge is -2.33. The summed E-state index contributed by atoms with van der Waals surface area (Å²) in [6.07, 6.45) is 5.18. The zero-order valence-corrected chi connectivity index (χ0v) is 19.7. The maximum absolute atomic E-state index is 13.4. The molecule has 0 radical (unpaired) electrons. The molecule has 1 unspecified atom stereocenters. The van der Waals surface area contributed by atoms with E-state index in [1.54, 1.807) is 6.20 Å². The number of amides is 1. The molecule has 1 fully saturated rings. The van der Waals surface area contributed by atoms with E-state index in [2.05, 4.69) is 22.7 Å². The standard InChI is InChI=1S/C25H27ClN4OS/c1-17-11-13-30(14-12-17)25(31)22(10-9-18-5-2-3-6-20(18)26)29-32-23-8-4-7-21-24(23)19(15-27)16-28-21/h2-8,16-17,22,28-29H,9-14H2,1H3. The quantitative estimate of drug-likeness (QED) is 0.448. The van der Waals surface area contributed by atoms with Gasteiger partial charge in [0.2, 0.25) is 5.91 Å². The second kappa shape index (κ2) is 10.4. The summed E-state index contributed by atoms with van der Waals surface area (Å²) in [5.41, 5.74) is 2.57. The van der Waals surface area contributed by atoms with Crippen LogP contribution in [0.4, 0.5) is 0 Å². The molecule has 0 spiro atoms. The number of aromatic nitrogens is 1. The first-order valence-corrected chi connectivity index (χ1v) is 12.2. The fourth-order valence-corrected chi connectivity index (χ4v) is 5.33. The predicted octanol–water partition coefficient (Wildman–Crippen LogP) is 5.55. The van der Waals surface area contributed by atoms with E-state index in [4.69, 9.17) is 11.6 Å². The summed E-state index contributed by atoms with van der Waals surface area (Å²) < 4.78 is 3.43. The van der Waals surface area contributed by atoms with Crippen LogP contribution in [-0.4, -0.2) is 34.9 Å². The molecule has 2 N–H and O–H groups in total. The van der Waals surface area contributed by atoms with Crippen molar-refractivity contribution in [3.05, 3.63) is 64.8 Å². The first-order chi connectivity index (χ1) is 15.6. The third-order valence-corrected chi connectivity index (χ3v) is 7.48. The van der Waals surface area contributed by atoms with Gasteiger partial charge in [-0.15, -0.1) is 0 Å². The Hall–Kier alpha value is -2.46. The summed E-state index contributed by atoms with van der Waals surface area (Å²) in [4.78, 5) is 19.5. The van der Waals surface area contributed by atoms with Crippen molar-refractivity contribution in [2.45, 2.75) is 43.5 Å². The van der Waals surface area contributed by atoms with Gasteiger partial charge in [-0.2, -0.15) is 5.26 Å². The van der Waals surface area contributed by atoms with E-state index < -0.39 is 0 Å². The zero-order valence-electron chi connectivity index (χ0n) is 18.1. The largest absolute Gasteiger partial charge is 0.360 e. The van der Waals surface area contributed by atoms with Crippen LogP contribution < -0.4 is 4.72 Å². The molecular weight excluding hydrogens is 440 g/mol. The third kappa shape index (κ3) is 5.12. The molecule has 1 aliphatic heterocycles. The summed E-state index contributed by atoms with van der Waals surface area (Å²) in [7, 11) is 0. The summed E-state index contributed by atoms with van der Waals surface area (Å²) >= 11 is 7.78. The number of fused-ring (bicyclic) bond motifs is 1. The number of carbonyl (C=O) groups excluding carboxylic acids is 1.